The van der Waals surface area contributed by atoms with E-state index < -0.39 is 37.0 Å². The molecular weight excluding hydrogens is 760 g/mol. The summed E-state index contributed by atoms with van der Waals surface area (Å²) >= 11 is 7.18. The number of hydrogen-bond acceptors (Lipinski definition) is 7. The van der Waals surface area contributed by atoms with Gasteiger partial charge in [-0.3, -0.25) is 9.35 Å². The quantitative estimate of drug-likeness (QED) is 0.108. The number of aryl methyl sites for hydroxylation is 2. The van der Waals surface area contributed by atoms with E-state index in [1.165, 1.54) is 18.2 Å². The lowest BCUT2D eigenvalue weighted by atomic mass is 9.80. The summed E-state index contributed by atoms with van der Waals surface area (Å²) in [5.74, 6) is -0.827. The van der Waals surface area contributed by atoms with Gasteiger partial charge in [0.1, 0.15) is 16.7 Å². The number of carbonyl (C=O) groups is 1. The molecule has 2 aromatic rings. The monoisotopic (exact) mass is 812 g/mol. The molecule has 2 aliphatic heterocycles. The fourth-order valence-electron chi connectivity index (χ4n) is 8.31. The number of benzene rings is 2. The summed E-state index contributed by atoms with van der Waals surface area (Å²) in [6, 6.07) is 6.03. The molecule has 2 N–H and O–H groups in total. The van der Waals surface area contributed by atoms with Gasteiger partial charge in [-0.1, -0.05) is 57.4 Å². The molecule has 2 aromatic carbocycles. The molecule has 0 spiro atoms. The third-order valence-corrected chi connectivity index (χ3v) is 13.4. The maximum Gasteiger partial charge on any atom is 0.303 e. The van der Waals surface area contributed by atoms with Crippen LogP contribution in [0, 0.1) is 13.8 Å². The number of allylic oxidation sites excluding steroid dienone is 8. The molecule has 1 aliphatic carbocycles. The van der Waals surface area contributed by atoms with Crippen molar-refractivity contribution in [2.75, 3.05) is 18.0 Å². The molecule has 0 atom stereocenters. The zero-order chi connectivity index (χ0) is 40.7. The van der Waals surface area contributed by atoms with Crippen LogP contribution >= 0.6 is 11.6 Å². The van der Waals surface area contributed by atoms with Crippen molar-refractivity contribution in [1.82, 2.24) is 0 Å². The number of anilines is 1. The lowest BCUT2D eigenvalue weighted by Gasteiger charge is -2.27. The number of carboxylic acid groups (broad SMARTS) is 1. The average Bonchev–Trinajstić information content (AvgIpc) is 3.43. The molecule has 13 heteroatoms. The molecule has 0 unspecified atom stereocenters. The van der Waals surface area contributed by atoms with Crippen molar-refractivity contribution in [3.8, 4) is 0 Å². The van der Waals surface area contributed by atoms with Gasteiger partial charge in [-0.15, -0.1) is 0 Å². The minimum atomic E-state index is -4.64. The zero-order valence-electron chi connectivity index (χ0n) is 32.8. The second-order valence-corrected chi connectivity index (χ2v) is 19.1. The molecule has 0 radical (unpaired) electrons. The molecule has 5 rings (SSSR count). The van der Waals surface area contributed by atoms with Gasteiger partial charge in [0, 0.05) is 58.4 Å². The first kappa shape index (κ1) is 42.6. The van der Waals surface area contributed by atoms with Crippen LogP contribution in [0.5, 0.6) is 0 Å². The van der Waals surface area contributed by atoms with Gasteiger partial charge in [0.25, 0.3) is 10.1 Å². The van der Waals surface area contributed by atoms with Crippen molar-refractivity contribution in [2.24, 2.45) is 0 Å². The maximum absolute atomic E-state index is 12.2. The van der Waals surface area contributed by atoms with Gasteiger partial charge in [0.15, 0.2) is 5.71 Å². The molecule has 0 bridgehead atoms. The number of halogens is 1. The van der Waals surface area contributed by atoms with Crippen LogP contribution in [0.15, 0.2) is 80.2 Å². The van der Waals surface area contributed by atoms with Crippen LogP contribution in [0.4, 0.5) is 11.4 Å². The third kappa shape index (κ3) is 8.73. The second-order valence-electron chi connectivity index (χ2n) is 16.0. The summed E-state index contributed by atoms with van der Waals surface area (Å²) in [7, 11) is -9.08. The molecule has 298 valence electrons. The van der Waals surface area contributed by atoms with Crippen LogP contribution in [0.3, 0.4) is 0 Å². The van der Waals surface area contributed by atoms with Crippen LogP contribution in [0.2, 0.25) is 0 Å². The number of aliphatic carboxylic acids is 1. The Morgan fingerprint density at radius 2 is 1.58 bits per heavy atom. The predicted molar refractivity (Wildman–Crippen MR) is 216 cm³/mol. The fraction of sp³-hybridized carbons (Fsp3) is 0.476. The zero-order valence-corrected chi connectivity index (χ0v) is 35.2. The third-order valence-electron chi connectivity index (χ3n) is 11.2. The average molecular weight is 813 g/mol. The molecule has 0 aromatic heterocycles. The highest BCUT2D eigenvalue weighted by atomic mass is 35.5. The highest BCUT2D eigenvalue weighted by Crippen LogP contribution is 2.51. The molecule has 2 heterocycles. The predicted octanol–water partition coefficient (Wildman–Crippen LogP) is 9.12. The van der Waals surface area contributed by atoms with Crippen molar-refractivity contribution < 1.29 is 40.4 Å². The highest BCUT2D eigenvalue weighted by molar-refractivity contribution is 7.86. The molecule has 0 amide bonds. The lowest BCUT2D eigenvalue weighted by molar-refractivity contribution is -0.438. The molecule has 10 nitrogen and oxygen atoms in total. The van der Waals surface area contributed by atoms with E-state index in [4.69, 9.17) is 16.7 Å². The van der Waals surface area contributed by atoms with Gasteiger partial charge in [0.05, 0.1) is 15.2 Å². The minimum Gasteiger partial charge on any atom is -0.744 e. The molecular formula is C42H53ClN2O8S2. The second kappa shape index (κ2) is 16.1. The summed E-state index contributed by atoms with van der Waals surface area (Å²) in [4.78, 5) is 12.9. The van der Waals surface area contributed by atoms with Gasteiger partial charge in [-0.05, 0) is 112 Å². The van der Waals surface area contributed by atoms with Crippen LogP contribution in [-0.2, 0) is 35.9 Å². The summed E-state index contributed by atoms with van der Waals surface area (Å²) in [6.07, 6.45) is 14.6. The van der Waals surface area contributed by atoms with Gasteiger partial charge >= 0.3 is 5.97 Å². The Labute approximate surface area is 331 Å². The van der Waals surface area contributed by atoms with Crippen LogP contribution in [-0.4, -0.2) is 60.4 Å². The normalized spacial score (nSPS) is 19.6. The maximum atomic E-state index is 12.2. The van der Waals surface area contributed by atoms with Gasteiger partial charge in [-0.2, -0.15) is 13.0 Å². The van der Waals surface area contributed by atoms with Gasteiger partial charge in [0.2, 0.25) is 5.69 Å². The summed E-state index contributed by atoms with van der Waals surface area (Å²) in [5, 5.41) is 9.77. The van der Waals surface area contributed by atoms with Crippen molar-refractivity contribution in [3.05, 3.63) is 92.7 Å². The first-order valence-corrected chi connectivity index (χ1v) is 22.2. The van der Waals surface area contributed by atoms with Crippen molar-refractivity contribution in [1.29, 1.82) is 0 Å². The van der Waals surface area contributed by atoms with Crippen molar-refractivity contribution >= 4 is 54.9 Å². The first-order chi connectivity index (χ1) is 25.6. The van der Waals surface area contributed by atoms with E-state index in [2.05, 4.69) is 34.6 Å². The van der Waals surface area contributed by atoms with E-state index in [9.17, 15) is 30.7 Å². The van der Waals surface area contributed by atoms with Crippen LogP contribution in [0.1, 0.15) is 115 Å². The van der Waals surface area contributed by atoms with E-state index in [1.54, 1.807) is 6.07 Å². The van der Waals surface area contributed by atoms with Crippen molar-refractivity contribution in [3.63, 3.8) is 0 Å². The number of carboxylic acids is 1. The number of hydrogen-bond donors (Lipinski definition) is 2. The van der Waals surface area contributed by atoms with Gasteiger partial charge < -0.3 is 14.6 Å². The Bertz CT molecular complexity index is 2280. The Morgan fingerprint density at radius 1 is 0.909 bits per heavy atom. The highest BCUT2D eigenvalue weighted by Gasteiger charge is 2.46. The Balaban J connectivity index is 1.54. The van der Waals surface area contributed by atoms with E-state index in [1.807, 2.05) is 47.6 Å². The fourth-order valence-corrected chi connectivity index (χ4v) is 9.81. The first-order valence-electron chi connectivity index (χ1n) is 19.0. The SMILES string of the molecule is CCCC[N+]1=C(/C=C/C2=C(Cl)C(=C/C=C3/N(CCCCCC(=O)O)c4c(C)cc(S(=O)(=O)O)cc4C3(C)C)/CCC2)C(C)(C)c2cc(S(=O)(=O)[O-])cc(C)c21. The molecule has 0 fully saturated rings. The van der Waals surface area contributed by atoms with Crippen LogP contribution < -0.4 is 4.90 Å². The van der Waals surface area contributed by atoms with Crippen molar-refractivity contribution in [2.45, 2.75) is 127 Å². The number of rotatable bonds is 14. The van der Waals surface area contributed by atoms with Crippen LogP contribution in [0.25, 0.3) is 0 Å². The lowest BCUT2D eigenvalue weighted by Crippen LogP contribution is -2.28. The van der Waals surface area contributed by atoms with E-state index >= 15 is 0 Å². The Kier molecular flexibility index (Phi) is 12.5. The van der Waals surface area contributed by atoms with E-state index in [0.29, 0.717) is 30.0 Å². The molecule has 55 heavy (non-hydrogen) atoms. The largest absolute Gasteiger partial charge is 0.744 e. The molecule has 0 saturated carbocycles. The van der Waals surface area contributed by atoms with E-state index in [0.717, 1.165) is 95.7 Å². The minimum absolute atomic E-state index is 0.0992. The van der Waals surface area contributed by atoms with E-state index in [-0.39, 0.29) is 16.2 Å². The number of unbranched alkanes of at least 4 members (excludes halogenated alkanes) is 3. The smallest absolute Gasteiger partial charge is 0.303 e. The summed E-state index contributed by atoms with van der Waals surface area (Å²) in [5.41, 5.74) is 7.54. The van der Waals surface area contributed by atoms with Gasteiger partial charge in [-0.25, -0.2) is 8.42 Å². The summed E-state index contributed by atoms with van der Waals surface area (Å²) in [6.45, 7) is 15.3. The summed E-state index contributed by atoms with van der Waals surface area (Å²) < 4.78 is 72.8. The standard InChI is InChI=1S/C42H53ClN2O8S2/c1-8-9-21-44-35(41(4,5)33-25-31(54(48,49)50)23-27(2)39(33)44)19-17-29-14-13-15-30(38(29)43)18-20-36-42(6,7)34-26-32(55(51,52)53)24-28(3)40(34)45(36)22-12-10-11-16-37(46)47/h17-20,23-26H,8-16,21-22H2,1-7H3,(H2-,46,47,48,49,50,51,52,53). The topological polar surface area (TPSA) is 155 Å². The number of nitrogens with zero attached hydrogens (tertiary/aromatic N) is 2. The molecule has 0 saturated heterocycles. The number of fused-ring (bicyclic) bond motifs is 2. The Hall–Kier alpha value is -3.55. The molecule has 3 aliphatic rings. The Morgan fingerprint density at radius 3 is 2.22 bits per heavy atom.